The first-order valence-electron chi connectivity index (χ1n) is 6.64. The van der Waals surface area contributed by atoms with Crippen molar-refractivity contribution in [3.05, 3.63) is 65.0 Å². The monoisotopic (exact) mass is 274 g/mol. The Kier molecular flexibility index (Phi) is 4.74. The molecule has 2 nitrogen and oxygen atoms in total. The molecule has 2 aromatic rings. The molecule has 106 valence electrons. The van der Waals surface area contributed by atoms with E-state index in [1.54, 1.807) is 19.2 Å². The second kappa shape index (κ2) is 6.53. The largest absolute Gasteiger partial charge is 0.496 e. The van der Waals surface area contributed by atoms with Crippen LogP contribution in [0.4, 0.5) is 4.39 Å². The minimum Gasteiger partial charge on any atom is -0.496 e. The average molecular weight is 274 g/mol. The zero-order valence-corrected chi connectivity index (χ0v) is 11.8. The van der Waals surface area contributed by atoms with Crippen molar-refractivity contribution in [3.8, 4) is 5.75 Å². The molecule has 0 aromatic heterocycles. The van der Waals surface area contributed by atoms with Gasteiger partial charge in [0.05, 0.1) is 13.2 Å². The van der Waals surface area contributed by atoms with Crippen molar-refractivity contribution in [2.75, 3.05) is 7.11 Å². The molecule has 0 spiro atoms. The molecule has 0 heterocycles. The average Bonchev–Trinajstić information content (AvgIpc) is 2.41. The lowest BCUT2D eigenvalue weighted by atomic mass is 9.99. The number of aliphatic hydroxyl groups is 1. The molecule has 0 amide bonds. The highest BCUT2D eigenvalue weighted by molar-refractivity contribution is 5.37. The zero-order valence-electron chi connectivity index (χ0n) is 11.8. The smallest absolute Gasteiger partial charge is 0.123 e. The van der Waals surface area contributed by atoms with Crippen molar-refractivity contribution in [2.24, 2.45) is 0 Å². The van der Waals surface area contributed by atoms with E-state index in [1.807, 2.05) is 25.1 Å². The Hall–Kier alpha value is -1.87. The Morgan fingerprint density at radius 1 is 1.10 bits per heavy atom. The molecule has 0 aliphatic rings. The number of benzene rings is 2. The molecule has 1 unspecified atom stereocenters. The van der Waals surface area contributed by atoms with E-state index in [2.05, 4.69) is 0 Å². The molecule has 0 fully saturated rings. The molecule has 0 aliphatic heterocycles. The van der Waals surface area contributed by atoms with E-state index >= 15 is 0 Å². The van der Waals surface area contributed by atoms with Gasteiger partial charge in [-0.3, -0.25) is 0 Å². The number of methoxy groups -OCH3 is 1. The number of ether oxygens (including phenoxy) is 1. The number of hydrogen-bond donors (Lipinski definition) is 1. The van der Waals surface area contributed by atoms with Crippen LogP contribution in [0.5, 0.6) is 5.75 Å². The fraction of sp³-hybridized carbons (Fsp3) is 0.294. The van der Waals surface area contributed by atoms with Crippen LogP contribution in [0.1, 0.15) is 16.7 Å². The number of aliphatic hydroxyl groups excluding tert-OH is 1. The predicted molar refractivity (Wildman–Crippen MR) is 77.5 cm³/mol. The third-order valence-corrected chi connectivity index (χ3v) is 3.28. The maximum absolute atomic E-state index is 12.8. The van der Waals surface area contributed by atoms with Crippen LogP contribution in [0.25, 0.3) is 0 Å². The van der Waals surface area contributed by atoms with Gasteiger partial charge < -0.3 is 9.84 Å². The summed E-state index contributed by atoms with van der Waals surface area (Å²) in [5.41, 5.74) is 3.04. The summed E-state index contributed by atoms with van der Waals surface area (Å²) in [5.74, 6) is 0.525. The fourth-order valence-corrected chi connectivity index (χ4v) is 2.29. The molecule has 1 N–H and O–H groups in total. The van der Waals surface area contributed by atoms with E-state index in [0.29, 0.717) is 12.8 Å². The van der Waals surface area contributed by atoms with Gasteiger partial charge in [0.15, 0.2) is 0 Å². The lowest BCUT2D eigenvalue weighted by Gasteiger charge is -2.14. The molecule has 1 atom stereocenters. The fourth-order valence-electron chi connectivity index (χ4n) is 2.29. The molecular weight excluding hydrogens is 255 g/mol. The number of rotatable bonds is 5. The van der Waals surface area contributed by atoms with Crippen LogP contribution >= 0.6 is 0 Å². The van der Waals surface area contributed by atoms with Gasteiger partial charge in [0.1, 0.15) is 11.6 Å². The van der Waals surface area contributed by atoms with E-state index in [1.165, 1.54) is 12.1 Å². The topological polar surface area (TPSA) is 29.5 Å². The Bertz CT molecular complexity index is 564. The third-order valence-electron chi connectivity index (χ3n) is 3.28. The van der Waals surface area contributed by atoms with E-state index in [9.17, 15) is 9.50 Å². The summed E-state index contributed by atoms with van der Waals surface area (Å²) in [6, 6.07) is 12.1. The summed E-state index contributed by atoms with van der Waals surface area (Å²) < 4.78 is 18.1. The lowest BCUT2D eigenvalue weighted by Crippen LogP contribution is -2.14. The van der Waals surface area contributed by atoms with Gasteiger partial charge in [-0.25, -0.2) is 4.39 Å². The van der Waals surface area contributed by atoms with Crippen LogP contribution in [0.3, 0.4) is 0 Å². The van der Waals surface area contributed by atoms with Gasteiger partial charge in [-0.15, -0.1) is 0 Å². The first-order chi connectivity index (χ1) is 9.58. The number of aryl methyl sites for hydroxylation is 1. The summed E-state index contributed by atoms with van der Waals surface area (Å²) in [7, 11) is 1.63. The molecule has 2 rings (SSSR count). The molecule has 0 bridgehead atoms. The Labute approximate surface area is 118 Å². The van der Waals surface area contributed by atoms with Crippen molar-refractivity contribution in [2.45, 2.75) is 25.9 Å². The molecule has 3 heteroatoms. The first kappa shape index (κ1) is 14.5. The van der Waals surface area contributed by atoms with E-state index < -0.39 is 6.10 Å². The summed E-state index contributed by atoms with van der Waals surface area (Å²) in [4.78, 5) is 0. The summed E-state index contributed by atoms with van der Waals surface area (Å²) >= 11 is 0. The molecular formula is C17H19FO2. The Balaban J connectivity index is 2.05. The maximum atomic E-state index is 12.8. The van der Waals surface area contributed by atoms with Gasteiger partial charge in [0, 0.05) is 6.42 Å². The Morgan fingerprint density at radius 2 is 1.80 bits per heavy atom. The van der Waals surface area contributed by atoms with Gasteiger partial charge in [0.2, 0.25) is 0 Å². The Morgan fingerprint density at radius 3 is 2.45 bits per heavy atom. The summed E-state index contributed by atoms with van der Waals surface area (Å²) in [5, 5.41) is 10.2. The van der Waals surface area contributed by atoms with Crippen molar-refractivity contribution in [1.82, 2.24) is 0 Å². The minimum absolute atomic E-state index is 0.261. The van der Waals surface area contributed by atoms with Gasteiger partial charge in [0.25, 0.3) is 0 Å². The van der Waals surface area contributed by atoms with Crippen molar-refractivity contribution in [1.29, 1.82) is 0 Å². The molecule has 0 saturated carbocycles. The van der Waals surface area contributed by atoms with Crippen LogP contribution in [0.2, 0.25) is 0 Å². The SMILES string of the molecule is COc1ccc(C)cc1CC(O)Cc1ccc(F)cc1. The zero-order chi connectivity index (χ0) is 14.5. The van der Waals surface area contributed by atoms with Gasteiger partial charge in [-0.2, -0.15) is 0 Å². The van der Waals surface area contributed by atoms with Crippen molar-refractivity contribution >= 4 is 0 Å². The van der Waals surface area contributed by atoms with Crippen molar-refractivity contribution < 1.29 is 14.2 Å². The highest BCUT2D eigenvalue weighted by Crippen LogP contribution is 2.22. The molecule has 0 saturated heterocycles. The highest BCUT2D eigenvalue weighted by Gasteiger charge is 2.11. The van der Waals surface area contributed by atoms with Crippen LogP contribution in [0.15, 0.2) is 42.5 Å². The summed E-state index contributed by atoms with van der Waals surface area (Å²) in [6.45, 7) is 2.01. The van der Waals surface area contributed by atoms with Gasteiger partial charge >= 0.3 is 0 Å². The minimum atomic E-state index is -0.517. The number of halogens is 1. The second-order valence-corrected chi connectivity index (χ2v) is 5.00. The summed E-state index contributed by atoms with van der Waals surface area (Å²) in [6.07, 6.45) is 0.496. The van der Waals surface area contributed by atoms with Gasteiger partial charge in [-0.05, 0) is 42.7 Å². The normalized spacial score (nSPS) is 12.2. The molecule has 0 aliphatic carbocycles. The van der Waals surface area contributed by atoms with Crippen LogP contribution in [-0.2, 0) is 12.8 Å². The second-order valence-electron chi connectivity index (χ2n) is 5.00. The standard InChI is InChI=1S/C17H19FO2/c1-12-3-8-17(20-2)14(9-12)11-16(19)10-13-4-6-15(18)7-5-13/h3-9,16,19H,10-11H2,1-2H3. The van der Waals surface area contributed by atoms with Crippen LogP contribution < -0.4 is 4.74 Å². The van der Waals surface area contributed by atoms with E-state index in [-0.39, 0.29) is 5.82 Å². The predicted octanol–water partition coefficient (Wildman–Crippen LogP) is 3.29. The maximum Gasteiger partial charge on any atom is 0.123 e. The lowest BCUT2D eigenvalue weighted by molar-refractivity contribution is 0.174. The van der Waals surface area contributed by atoms with Crippen LogP contribution in [-0.4, -0.2) is 18.3 Å². The van der Waals surface area contributed by atoms with Crippen LogP contribution in [0, 0.1) is 12.7 Å². The molecule has 0 radical (unpaired) electrons. The van der Waals surface area contributed by atoms with E-state index in [0.717, 1.165) is 22.4 Å². The van der Waals surface area contributed by atoms with Crippen molar-refractivity contribution in [3.63, 3.8) is 0 Å². The number of hydrogen-bond acceptors (Lipinski definition) is 2. The van der Waals surface area contributed by atoms with Gasteiger partial charge in [-0.1, -0.05) is 29.8 Å². The quantitative estimate of drug-likeness (QED) is 0.906. The molecule has 2 aromatic carbocycles. The molecule has 20 heavy (non-hydrogen) atoms. The third kappa shape index (κ3) is 3.81. The first-order valence-corrected chi connectivity index (χ1v) is 6.64. The highest BCUT2D eigenvalue weighted by atomic mass is 19.1. The van der Waals surface area contributed by atoms with E-state index in [4.69, 9.17) is 4.74 Å².